The van der Waals surface area contributed by atoms with Gasteiger partial charge in [0, 0.05) is 28.9 Å². The number of amides is 1. The van der Waals surface area contributed by atoms with Crippen LogP contribution in [0.25, 0.3) is 22.4 Å². The smallest absolute Gasteiger partial charge is 0.271 e. The third-order valence-electron chi connectivity index (χ3n) is 4.51. The van der Waals surface area contributed by atoms with Gasteiger partial charge in [-0.3, -0.25) is 14.9 Å². The summed E-state index contributed by atoms with van der Waals surface area (Å²) in [6.07, 6.45) is 0. The normalized spacial score (nSPS) is 10.8. The minimum atomic E-state index is -0.530. The number of aromatic nitrogens is 2. The second-order valence-corrected chi connectivity index (χ2v) is 6.58. The quantitative estimate of drug-likeness (QED) is 0.306. The maximum Gasteiger partial charge on any atom is 0.271 e. The molecule has 0 radical (unpaired) electrons. The number of hydrogen-bond acceptors (Lipinski definition) is 5. The Hall–Kier alpha value is -4.20. The zero-order chi connectivity index (χ0) is 20.5. The Labute approximate surface area is 165 Å². The van der Waals surface area contributed by atoms with Crippen molar-refractivity contribution < 1.29 is 14.9 Å². The zero-order valence-corrected chi connectivity index (χ0v) is 15.4. The third-order valence-corrected chi connectivity index (χ3v) is 4.51. The summed E-state index contributed by atoms with van der Waals surface area (Å²) in [7, 11) is 0. The number of rotatable bonds is 4. The van der Waals surface area contributed by atoms with Crippen LogP contribution in [0.2, 0.25) is 0 Å². The number of benzene rings is 3. The lowest BCUT2D eigenvalue weighted by atomic mass is 10.1. The summed E-state index contributed by atoms with van der Waals surface area (Å²) in [5.74, 6) is 0.0280. The van der Waals surface area contributed by atoms with E-state index in [9.17, 15) is 20.1 Å². The Kier molecular flexibility index (Phi) is 4.44. The number of carbonyl (C=O) groups is 1. The number of anilines is 1. The number of imidazole rings is 1. The number of nitro benzene ring substituents is 1. The van der Waals surface area contributed by atoms with Gasteiger partial charge in [0.1, 0.15) is 5.52 Å². The first-order valence-electron chi connectivity index (χ1n) is 8.77. The molecule has 0 fully saturated rings. The van der Waals surface area contributed by atoms with Crippen molar-refractivity contribution in [3.63, 3.8) is 0 Å². The van der Waals surface area contributed by atoms with E-state index < -0.39 is 4.92 Å². The van der Waals surface area contributed by atoms with Crippen LogP contribution >= 0.6 is 0 Å². The Morgan fingerprint density at radius 2 is 1.86 bits per heavy atom. The first-order valence-corrected chi connectivity index (χ1v) is 8.77. The van der Waals surface area contributed by atoms with Gasteiger partial charge in [-0.1, -0.05) is 17.7 Å². The molecule has 0 aliphatic carbocycles. The van der Waals surface area contributed by atoms with Crippen LogP contribution in [-0.4, -0.2) is 25.8 Å². The van der Waals surface area contributed by atoms with Gasteiger partial charge in [-0.25, -0.2) is 4.98 Å². The van der Waals surface area contributed by atoms with Crippen molar-refractivity contribution in [2.45, 2.75) is 6.92 Å². The number of hydrogen-bond donors (Lipinski definition) is 2. The molecule has 1 aromatic heterocycles. The fraction of sp³-hybridized carbons (Fsp3) is 0.0476. The average molecular weight is 388 g/mol. The van der Waals surface area contributed by atoms with Gasteiger partial charge in [0.05, 0.1) is 10.4 Å². The number of aryl methyl sites for hydroxylation is 1. The first kappa shape index (κ1) is 18.2. The Balaban J connectivity index is 1.60. The van der Waals surface area contributed by atoms with E-state index in [1.807, 2.05) is 19.1 Å². The fourth-order valence-corrected chi connectivity index (χ4v) is 3.04. The van der Waals surface area contributed by atoms with E-state index in [4.69, 9.17) is 0 Å². The lowest BCUT2D eigenvalue weighted by Gasteiger charge is -2.07. The zero-order valence-electron chi connectivity index (χ0n) is 15.4. The summed E-state index contributed by atoms with van der Waals surface area (Å²) in [6, 6.07) is 18.2. The summed E-state index contributed by atoms with van der Waals surface area (Å²) in [4.78, 5) is 27.1. The third kappa shape index (κ3) is 3.51. The lowest BCUT2D eigenvalue weighted by molar-refractivity contribution is -0.384. The highest BCUT2D eigenvalue weighted by molar-refractivity contribution is 6.04. The molecular weight excluding hydrogens is 372 g/mol. The second-order valence-electron chi connectivity index (χ2n) is 6.58. The van der Waals surface area contributed by atoms with Crippen molar-refractivity contribution in [2.75, 3.05) is 5.32 Å². The molecule has 0 saturated heterocycles. The van der Waals surface area contributed by atoms with Crippen molar-refractivity contribution in [3.8, 4) is 11.4 Å². The van der Waals surface area contributed by atoms with Gasteiger partial charge in [0.25, 0.3) is 11.6 Å². The predicted molar refractivity (Wildman–Crippen MR) is 108 cm³/mol. The summed E-state index contributed by atoms with van der Waals surface area (Å²) < 4.78 is 0.822. The van der Waals surface area contributed by atoms with Gasteiger partial charge in [0.2, 0.25) is 0 Å². The molecule has 4 rings (SSSR count). The second kappa shape index (κ2) is 7.08. The number of nitrogens with one attached hydrogen (secondary N) is 1. The predicted octanol–water partition coefficient (Wildman–Crippen LogP) is 4.41. The van der Waals surface area contributed by atoms with Crippen LogP contribution in [0.1, 0.15) is 15.9 Å². The SMILES string of the molecule is Cc1cccc(C(=O)Nc2ccc(-c3nc4ccc([N+](=O)[O-])cc4n3O)cc2)c1. The van der Waals surface area contributed by atoms with Crippen LogP contribution in [0.15, 0.2) is 66.7 Å². The van der Waals surface area contributed by atoms with Crippen LogP contribution in [0.5, 0.6) is 0 Å². The Morgan fingerprint density at radius 3 is 2.55 bits per heavy atom. The maximum atomic E-state index is 12.4. The van der Waals surface area contributed by atoms with E-state index in [0.717, 1.165) is 10.3 Å². The van der Waals surface area contributed by atoms with Gasteiger partial charge in [-0.2, -0.15) is 4.73 Å². The van der Waals surface area contributed by atoms with E-state index in [1.54, 1.807) is 36.4 Å². The first-order chi connectivity index (χ1) is 13.9. The van der Waals surface area contributed by atoms with E-state index in [-0.39, 0.29) is 22.9 Å². The Morgan fingerprint density at radius 1 is 1.10 bits per heavy atom. The number of nitrogens with zero attached hydrogens (tertiary/aromatic N) is 3. The lowest BCUT2D eigenvalue weighted by Crippen LogP contribution is -2.11. The van der Waals surface area contributed by atoms with E-state index in [2.05, 4.69) is 10.3 Å². The molecule has 0 spiro atoms. The number of carbonyl (C=O) groups excluding carboxylic acids is 1. The highest BCUT2D eigenvalue weighted by Crippen LogP contribution is 2.27. The van der Waals surface area contributed by atoms with E-state index in [0.29, 0.717) is 22.3 Å². The molecule has 8 heteroatoms. The fourth-order valence-electron chi connectivity index (χ4n) is 3.04. The molecule has 1 amide bonds. The molecule has 3 aromatic carbocycles. The van der Waals surface area contributed by atoms with E-state index >= 15 is 0 Å². The standard InChI is InChI=1S/C21H16N4O4/c1-13-3-2-4-15(11-13)21(26)22-16-7-5-14(6-8-16)20-23-18-10-9-17(25(28)29)12-19(18)24(20)27/h2-12,27H,1H3,(H,22,26). The maximum absolute atomic E-state index is 12.4. The molecule has 0 bridgehead atoms. The number of non-ortho nitro benzene ring substituents is 1. The molecule has 0 aliphatic heterocycles. The molecule has 0 unspecified atom stereocenters. The average Bonchev–Trinajstić information content (AvgIpc) is 3.04. The molecule has 29 heavy (non-hydrogen) atoms. The highest BCUT2D eigenvalue weighted by atomic mass is 16.6. The van der Waals surface area contributed by atoms with Crippen LogP contribution in [0, 0.1) is 17.0 Å². The molecule has 2 N–H and O–H groups in total. The molecule has 8 nitrogen and oxygen atoms in total. The van der Waals surface area contributed by atoms with Crippen molar-refractivity contribution in [3.05, 3.63) is 88.0 Å². The van der Waals surface area contributed by atoms with E-state index in [1.165, 1.54) is 18.2 Å². The molecule has 144 valence electrons. The van der Waals surface area contributed by atoms with Crippen LogP contribution in [-0.2, 0) is 0 Å². The topological polar surface area (TPSA) is 110 Å². The van der Waals surface area contributed by atoms with Crippen LogP contribution in [0.3, 0.4) is 0 Å². The van der Waals surface area contributed by atoms with Gasteiger partial charge < -0.3 is 10.5 Å². The summed E-state index contributed by atoms with van der Waals surface area (Å²) in [5, 5.41) is 24.2. The molecule has 0 atom stereocenters. The van der Waals surface area contributed by atoms with Gasteiger partial charge in [-0.15, -0.1) is 0 Å². The molecule has 1 heterocycles. The van der Waals surface area contributed by atoms with Crippen molar-refractivity contribution in [1.82, 2.24) is 9.71 Å². The Bertz CT molecular complexity index is 1250. The molecule has 0 saturated carbocycles. The number of fused-ring (bicyclic) bond motifs is 1. The summed E-state index contributed by atoms with van der Waals surface area (Å²) in [6.45, 7) is 1.92. The van der Waals surface area contributed by atoms with Gasteiger partial charge >= 0.3 is 0 Å². The highest BCUT2D eigenvalue weighted by Gasteiger charge is 2.16. The largest absolute Gasteiger partial charge is 0.426 e. The minimum Gasteiger partial charge on any atom is -0.426 e. The summed E-state index contributed by atoms with van der Waals surface area (Å²) in [5.41, 5.74) is 3.30. The van der Waals surface area contributed by atoms with Crippen LogP contribution in [0.4, 0.5) is 11.4 Å². The van der Waals surface area contributed by atoms with Crippen LogP contribution < -0.4 is 5.32 Å². The van der Waals surface area contributed by atoms with Gasteiger partial charge in [0.15, 0.2) is 5.82 Å². The minimum absolute atomic E-state index is 0.131. The van der Waals surface area contributed by atoms with Crippen molar-refractivity contribution in [1.29, 1.82) is 0 Å². The molecular formula is C21H16N4O4. The monoisotopic (exact) mass is 388 g/mol. The van der Waals surface area contributed by atoms with Crippen molar-refractivity contribution in [2.24, 2.45) is 0 Å². The molecule has 4 aromatic rings. The number of nitro groups is 1. The molecule has 0 aliphatic rings. The van der Waals surface area contributed by atoms with Crippen molar-refractivity contribution >= 4 is 28.3 Å². The summed E-state index contributed by atoms with van der Waals surface area (Å²) >= 11 is 0. The van der Waals surface area contributed by atoms with Gasteiger partial charge in [-0.05, 0) is 49.4 Å².